The number of rotatable bonds is 6. The standard InChI is InChI=1S/C13H18Cl2N2O2/c1-3-12(11(18)19,17(16)4-2)13(14,15)10-8-6-5-7-9-10/h5-9H,3-4,16H2,1-2H3,(H,18,19)/t12-/m1/s1. The molecule has 6 heteroatoms. The zero-order chi connectivity index (χ0) is 14.7. The maximum absolute atomic E-state index is 11.8. The Kier molecular flexibility index (Phi) is 5.21. The van der Waals surface area contributed by atoms with Gasteiger partial charge in [-0.05, 0) is 12.0 Å². The average Bonchev–Trinajstić information content (AvgIpc) is 2.40. The molecule has 106 valence electrons. The summed E-state index contributed by atoms with van der Waals surface area (Å²) in [6.07, 6.45) is 0.175. The number of carbonyl (C=O) groups is 1. The number of benzene rings is 1. The SMILES string of the molecule is CCN(N)[C@](CC)(C(=O)O)C(Cl)(Cl)c1ccccc1. The van der Waals surface area contributed by atoms with Crippen molar-refractivity contribution in [3.8, 4) is 0 Å². The number of hydrogen-bond donors (Lipinski definition) is 2. The van der Waals surface area contributed by atoms with Crippen LogP contribution in [0.4, 0.5) is 0 Å². The van der Waals surface area contributed by atoms with Crippen LogP contribution in [-0.2, 0) is 9.13 Å². The van der Waals surface area contributed by atoms with Gasteiger partial charge in [-0.3, -0.25) is 10.6 Å². The van der Waals surface area contributed by atoms with Crippen LogP contribution in [0.3, 0.4) is 0 Å². The van der Waals surface area contributed by atoms with Crippen LogP contribution < -0.4 is 5.84 Å². The van der Waals surface area contributed by atoms with Crippen LogP contribution in [0.5, 0.6) is 0 Å². The molecule has 3 N–H and O–H groups in total. The van der Waals surface area contributed by atoms with Crippen LogP contribution >= 0.6 is 23.2 Å². The van der Waals surface area contributed by atoms with E-state index in [0.29, 0.717) is 12.1 Å². The molecule has 0 saturated carbocycles. The molecule has 0 aliphatic heterocycles. The molecule has 1 aromatic rings. The number of nitrogens with two attached hydrogens (primary N) is 1. The third kappa shape index (κ3) is 2.58. The smallest absolute Gasteiger partial charge is 0.329 e. The molecule has 0 amide bonds. The highest BCUT2D eigenvalue weighted by Gasteiger charge is 2.58. The Bertz CT molecular complexity index is 440. The second-order valence-electron chi connectivity index (χ2n) is 4.25. The van der Waals surface area contributed by atoms with E-state index < -0.39 is 15.8 Å². The zero-order valence-electron chi connectivity index (χ0n) is 10.9. The van der Waals surface area contributed by atoms with Crippen LogP contribution in [0.25, 0.3) is 0 Å². The fraction of sp³-hybridized carbons (Fsp3) is 0.462. The van der Waals surface area contributed by atoms with E-state index in [1.807, 2.05) is 6.07 Å². The van der Waals surface area contributed by atoms with Crippen LogP contribution in [0.2, 0.25) is 0 Å². The Labute approximate surface area is 123 Å². The third-order valence-corrected chi connectivity index (χ3v) is 4.41. The summed E-state index contributed by atoms with van der Waals surface area (Å²) in [4.78, 5) is 11.8. The summed E-state index contributed by atoms with van der Waals surface area (Å²) in [6.45, 7) is 3.77. The predicted octanol–water partition coefficient (Wildman–Crippen LogP) is 2.75. The van der Waals surface area contributed by atoms with E-state index in [0.717, 1.165) is 0 Å². The van der Waals surface area contributed by atoms with Crippen molar-refractivity contribution in [2.75, 3.05) is 6.54 Å². The monoisotopic (exact) mass is 304 g/mol. The molecule has 0 aliphatic carbocycles. The number of halogens is 2. The van der Waals surface area contributed by atoms with Gasteiger partial charge < -0.3 is 5.11 Å². The highest BCUT2D eigenvalue weighted by molar-refractivity contribution is 6.50. The number of likely N-dealkylation sites (N-methyl/N-ethyl adjacent to an activating group) is 1. The molecule has 1 atom stereocenters. The molecule has 4 nitrogen and oxygen atoms in total. The molecule has 1 rings (SSSR count). The van der Waals surface area contributed by atoms with Gasteiger partial charge in [0.25, 0.3) is 0 Å². The highest BCUT2D eigenvalue weighted by atomic mass is 35.5. The summed E-state index contributed by atoms with van der Waals surface area (Å²) in [6, 6.07) is 8.70. The molecule has 0 unspecified atom stereocenters. The molecule has 0 aliphatic rings. The number of nitrogens with zero attached hydrogens (tertiary/aromatic N) is 1. The van der Waals surface area contributed by atoms with Crippen LogP contribution in [0.1, 0.15) is 25.8 Å². The Morgan fingerprint density at radius 1 is 1.32 bits per heavy atom. The average molecular weight is 305 g/mol. The quantitative estimate of drug-likeness (QED) is 0.482. The van der Waals surface area contributed by atoms with E-state index in [2.05, 4.69) is 0 Å². The van der Waals surface area contributed by atoms with Crippen LogP contribution in [-0.4, -0.2) is 28.2 Å². The van der Waals surface area contributed by atoms with Gasteiger partial charge >= 0.3 is 5.97 Å². The summed E-state index contributed by atoms with van der Waals surface area (Å²) in [5, 5.41) is 10.8. The minimum Gasteiger partial charge on any atom is -0.480 e. The van der Waals surface area contributed by atoms with Crippen molar-refractivity contribution in [1.82, 2.24) is 5.01 Å². The topological polar surface area (TPSA) is 66.6 Å². The van der Waals surface area contributed by atoms with Crippen LogP contribution in [0.15, 0.2) is 30.3 Å². The maximum Gasteiger partial charge on any atom is 0.329 e. The van der Waals surface area contributed by atoms with Gasteiger partial charge in [0.1, 0.15) is 0 Å². The number of hydrogen-bond acceptors (Lipinski definition) is 3. The van der Waals surface area contributed by atoms with Gasteiger partial charge in [-0.1, -0.05) is 67.4 Å². The summed E-state index contributed by atoms with van der Waals surface area (Å²) >= 11 is 12.8. The molecular formula is C13H18Cl2N2O2. The first-order chi connectivity index (χ1) is 8.84. The van der Waals surface area contributed by atoms with E-state index in [1.165, 1.54) is 5.01 Å². The van der Waals surface area contributed by atoms with Gasteiger partial charge in [-0.15, -0.1) is 0 Å². The minimum atomic E-state index is -1.65. The Morgan fingerprint density at radius 2 is 1.84 bits per heavy atom. The Morgan fingerprint density at radius 3 is 2.21 bits per heavy atom. The first kappa shape index (κ1) is 16.2. The second-order valence-corrected chi connectivity index (χ2v) is 5.57. The summed E-state index contributed by atoms with van der Waals surface area (Å²) in [5.41, 5.74) is -1.09. The van der Waals surface area contributed by atoms with Gasteiger partial charge in [-0.25, -0.2) is 5.01 Å². The van der Waals surface area contributed by atoms with Crippen molar-refractivity contribution in [2.24, 2.45) is 5.84 Å². The van der Waals surface area contributed by atoms with Crippen molar-refractivity contribution in [2.45, 2.75) is 30.1 Å². The zero-order valence-corrected chi connectivity index (χ0v) is 12.4. The van der Waals surface area contributed by atoms with Gasteiger partial charge in [0.05, 0.1) is 0 Å². The van der Waals surface area contributed by atoms with Gasteiger partial charge in [0.2, 0.25) is 0 Å². The van der Waals surface area contributed by atoms with Gasteiger partial charge in [0, 0.05) is 6.54 Å². The lowest BCUT2D eigenvalue weighted by Gasteiger charge is -2.44. The summed E-state index contributed by atoms with van der Waals surface area (Å²) in [7, 11) is 0. The molecule has 1 aromatic carbocycles. The Hall–Kier alpha value is -0.810. The number of carboxylic acid groups (broad SMARTS) is 1. The number of aliphatic carboxylic acids is 1. The number of carboxylic acids is 1. The van der Waals surface area contributed by atoms with Crippen molar-refractivity contribution < 1.29 is 9.90 Å². The van der Waals surface area contributed by atoms with Crippen LogP contribution in [0, 0.1) is 0 Å². The summed E-state index contributed by atoms with van der Waals surface area (Å²) < 4.78 is -1.65. The molecule has 0 saturated heterocycles. The lowest BCUT2D eigenvalue weighted by Crippen LogP contribution is -2.65. The van der Waals surface area contributed by atoms with Crippen molar-refractivity contribution in [3.05, 3.63) is 35.9 Å². The fourth-order valence-corrected chi connectivity index (χ4v) is 3.07. The van der Waals surface area contributed by atoms with Crippen molar-refractivity contribution in [3.63, 3.8) is 0 Å². The molecule has 19 heavy (non-hydrogen) atoms. The van der Waals surface area contributed by atoms with E-state index >= 15 is 0 Å². The van der Waals surface area contributed by atoms with Crippen molar-refractivity contribution >= 4 is 29.2 Å². The largest absolute Gasteiger partial charge is 0.480 e. The molecule has 0 spiro atoms. The molecule has 0 heterocycles. The highest BCUT2D eigenvalue weighted by Crippen LogP contribution is 2.48. The molecule has 0 bridgehead atoms. The lowest BCUT2D eigenvalue weighted by atomic mass is 9.86. The molecule has 0 aromatic heterocycles. The van der Waals surface area contributed by atoms with Gasteiger partial charge in [0.15, 0.2) is 9.87 Å². The van der Waals surface area contributed by atoms with Gasteiger partial charge in [-0.2, -0.15) is 0 Å². The third-order valence-electron chi connectivity index (χ3n) is 3.35. The normalized spacial score (nSPS) is 15.3. The number of hydrazine groups is 1. The maximum atomic E-state index is 11.8. The number of alkyl halides is 2. The minimum absolute atomic E-state index is 0.175. The lowest BCUT2D eigenvalue weighted by molar-refractivity contribution is -0.153. The summed E-state index contributed by atoms with van der Waals surface area (Å²) in [5.74, 6) is 4.73. The van der Waals surface area contributed by atoms with E-state index in [1.54, 1.807) is 38.1 Å². The molecule has 0 radical (unpaired) electrons. The second kappa shape index (κ2) is 6.09. The van der Waals surface area contributed by atoms with E-state index in [4.69, 9.17) is 29.0 Å². The van der Waals surface area contributed by atoms with Crippen molar-refractivity contribution in [1.29, 1.82) is 0 Å². The predicted molar refractivity (Wildman–Crippen MR) is 77.1 cm³/mol. The molecule has 0 fully saturated rings. The van der Waals surface area contributed by atoms with E-state index in [-0.39, 0.29) is 6.42 Å². The fourth-order valence-electron chi connectivity index (χ4n) is 2.17. The van der Waals surface area contributed by atoms with E-state index in [9.17, 15) is 9.90 Å². The molecular weight excluding hydrogens is 287 g/mol. The first-order valence-corrected chi connectivity index (χ1v) is 6.79. The first-order valence-electron chi connectivity index (χ1n) is 6.03. The Balaban J connectivity index is 3.43.